The predicted octanol–water partition coefficient (Wildman–Crippen LogP) is 3.02. The normalized spacial score (nSPS) is 12.8. The molecule has 0 unspecified atom stereocenters. The van der Waals surface area contributed by atoms with Gasteiger partial charge in [0.2, 0.25) is 0 Å². The van der Waals surface area contributed by atoms with Crippen molar-refractivity contribution in [1.82, 2.24) is 15.6 Å². The van der Waals surface area contributed by atoms with Crippen LogP contribution < -0.4 is 20.7 Å². The van der Waals surface area contributed by atoms with E-state index in [1.807, 2.05) is 31.2 Å². The summed E-state index contributed by atoms with van der Waals surface area (Å²) in [6, 6.07) is 11.1. The van der Waals surface area contributed by atoms with E-state index in [1.54, 1.807) is 18.3 Å². The molecule has 3 rings (SSSR count). The quantitative estimate of drug-likeness (QED) is 0.668. The average Bonchev–Trinajstić information content (AvgIpc) is 2.56. The zero-order valence-electron chi connectivity index (χ0n) is 14.5. The van der Waals surface area contributed by atoms with E-state index in [1.165, 1.54) is 0 Å². The molecular weight excluding hydrogens is 375 g/mol. The molecule has 142 valence electrons. The lowest BCUT2D eigenvalue weighted by molar-refractivity contribution is 0.0943. The van der Waals surface area contributed by atoms with Crippen LogP contribution >= 0.6 is 24.8 Å². The third-order valence-corrected chi connectivity index (χ3v) is 3.90. The van der Waals surface area contributed by atoms with E-state index in [9.17, 15) is 4.79 Å². The van der Waals surface area contributed by atoms with Gasteiger partial charge in [0.25, 0.3) is 5.91 Å². The van der Waals surface area contributed by atoms with Gasteiger partial charge in [-0.3, -0.25) is 4.79 Å². The minimum atomic E-state index is -0.108. The van der Waals surface area contributed by atoms with E-state index in [4.69, 9.17) is 4.74 Å². The number of hydrogen-bond acceptors (Lipinski definition) is 5. The molecule has 1 aromatic carbocycles. The van der Waals surface area contributed by atoms with Gasteiger partial charge >= 0.3 is 0 Å². The van der Waals surface area contributed by atoms with Gasteiger partial charge in [-0.15, -0.1) is 24.8 Å². The molecule has 0 spiro atoms. The lowest BCUT2D eigenvalue weighted by Gasteiger charge is -2.27. The highest BCUT2D eigenvalue weighted by molar-refractivity contribution is 5.99. The van der Waals surface area contributed by atoms with Crippen LogP contribution in [0.1, 0.15) is 17.3 Å². The van der Waals surface area contributed by atoms with Crippen molar-refractivity contribution in [3.05, 3.63) is 48.2 Å². The van der Waals surface area contributed by atoms with Crippen molar-refractivity contribution in [3.8, 4) is 5.75 Å². The molecule has 1 saturated heterocycles. The molecular formula is C18H24Cl2N4O2. The van der Waals surface area contributed by atoms with Crippen LogP contribution in [0.4, 0.5) is 11.5 Å². The molecule has 0 radical (unpaired) electrons. The first-order chi connectivity index (χ1) is 11.8. The molecule has 2 heterocycles. The predicted molar refractivity (Wildman–Crippen MR) is 108 cm³/mol. The Bertz CT molecular complexity index is 694. The van der Waals surface area contributed by atoms with E-state index in [2.05, 4.69) is 20.9 Å². The van der Waals surface area contributed by atoms with Crippen molar-refractivity contribution in [1.29, 1.82) is 0 Å². The zero-order valence-corrected chi connectivity index (χ0v) is 16.2. The number of carbonyl (C=O) groups is 1. The number of aromatic nitrogens is 1. The van der Waals surface area contributed by atoms with Gasteiger partial charge < -0.3 is 20.7 Å². The maximum Gasteiger partial charge on any atom is 0.255 e. The van der Waals surface area contributed by atoms with E-state index in [0.29, 0.717) is 30.5 Å². The summed E-state index contributed by atoms with van der Waals surface area (Å²) in [5.74, 6) is 1.78. The minimum Gasteiger partial charge on any atom is -0.494 e. The fourth-order valence-electron chi connectivity index (χ4n) is 2.45. The molecule has 8 heteroatoms. The largest absolute Gasteiger partial charge is 0.494 e. The first-order valence-corrected chi connectivity index (χ1v) is 8.20. The van der Waals surface area contributed by atoms with Crippen LogP contribution in [0.15, 0.2) is 42.6 Å². The van der Waals surface area contributed by atoms with Crippen LogP contribution in [0.2, 0.25) is 0 Å². The number of halogens is 2. The van der Waals surface area contributed by atoms with Crippen molar-refractivity contribution in [3.63, 3.8) is 0 Å². The van der Waals surface area contributed by atoms with Gasteiger partial charge in [-0.1, -0.05) is 0 Å². The number of nitrogens with one attached hydrogen (secondary N) is 3. The van der Waals surface area contributed by atoms with Crippen molar-refractivity contribution < 1.29 is 9.53 Å². The Morgan fingerprint density at radius 1 is 1.23 bits per heavy atom. The van der Waals surface area contributed by atoms with Crippen molar-refractivity contribution >= 4 is 42.2 Å². The molecule has 6 nitrogen and oxygen atoms in total. The maximum absolute atomic E-state index is 12.4. The molecule has 0 bridgehead atoms. The molecule has 0 aliphatic carbocycles. The summed E-state index contributed by atoms with van der Waals surface area (Å²) in [5, 5.41) is 9.37. The molecule has 1 fully saturated rings. The molecule has 0 atom stereocenters. The van der Waals surface area contributed by atoms with Gasteiger partial charge in [0, 0.05) is 37.4 Å². The van der Waals surface area contributed by atoms with Crippen molar-refractivity contribution in [2.24, 2.45) is 5.92 Å². The Kier molecular flexibility index (Phi) is 9.19. The standard InChI is InChI=1S/C18H22N4O2.2ClH/c1-2-24-15-7-5-14(6-8-15)22-17-16(4-3-9-20-17)18(23)21-12-13-10-19-11-13;;/h3-9,13,19H,2,10-12H2,1H3,(H,20,22)(H,21,23);2*1H. The Balaban J connectivity index is 0.00000169. The highest BCUT2D eigenvalue weighted by atomic mass is 35.5. The number of nitrogens with zero attached hydrogens (tertiary/aromatic N) is 1. The molecule has 3 N–H and O–H groups in total. The van der Waals surface area contributed by atoms with Crippen molar-refractivity contribution in [2.75, 3.05) is 31.6 Å². The summed E-state index contributed by atoms with van der Waals surface area (Å²) < 4.78 is 5.43. The Hall–Kier alpha value is -2.02. The van der Waals surface area contributed by atoms with Crippen LogP contribution in [0.5, 0.6) is 5.75 Å². The topological polar surface area (TPSA) is 75.3 Å². The molecule has 0 saturated carbocycles. The lowest BCUT2D eigenvalue weighted by atomic mass is 10.0. The molecule has 1 aromatic heterocycles. The van der Waals surface area contributed by atoms with Gasteiger partial charge in [-0.25, -0.2) is 4.98 Å². The minimum absolute atomic E-state index is 0. The zero-order chi connectivity index (χ0) is 16.8. The second-order valence-electron chi connectivity index (χ2n) is 5.72. The average molecular weight is 399 g/mol. The Morgan fingerprint density at radius 3 is 2.58 bits per heavy atom. The highest BCUT2D eigenvalue weighted by Gasteiger charge is 2.19. The summed E-state index contributed by atoms with van der Waals surface area (Å²) in [6.45, 7) is 5.19. The number of hydrogen-bond donors (Lipinski definition) is 3. The van der Waals surface area contributed by atoms with Gasteiger partial charge in [-0.2, -0.15) is 0 Å². The molecule has 1 aliphatic heterocycles. The van der Waals surface area contributed by atoms with Gasteiger partial charge in [0.15, 0.2) is 0 Å². The van der Waals surface area contributed by atoms with Crippen LogP contribution in [-0.4, -0.2) is 37.1 Å². The van der Waals surface area contributed by atoms with E-state index < -0.39 is 0 Å². The summed E-state index contributed by atoms with van der Waals surface area (Å²) in [5.41, 5.74) is 1.40. The SMILES string of the molecule is CCOc1ccc(Nc2ncccc2C(=O)NCC2CNC2)cc1.Cl.Cl. The Labute approximate surface area is 165 Å². The summed E-state index contributed by atoms with van der Waals surface area (Å²) in [4.78, 5) is 16.7. The number of anilines is 2. The van der Waals surface area contributed by atoms with E-state index in [-0.39, 0.29) is 30.7 Å². The first-order valence-electron chi connectivity index (χ1n) is 8.20. The van der Waals surface area contributed by atoms with Crippen LogP contribution in [0.25, 0.3) is 0 Å². The van der Waals surface area contributed by atoms with Crippen LogP contribution in [0.3, 0.4) is 0 Å². The number of carbonyl (C=O) groups excluding carboxylic acids is 1. The van der Waals surface area contributed by atoms with Gasteiger partial charge in [0.1, 0.15) is 11.6 Å². The Morgan fingerprint density at radius 2 is 1.96 bits per heavy atom. The fourth-order valence-corrected chi connectivity index (χ4v) is 2.45. The molecule has 2 aromatic rings. The number of pyridine rings is 1. The number of benzene rings is 1. The molecule has 26 heavy (non-hydrogen) atoms. The smallest absolute Gasteiger partial charge is 0.255 e. The third kappa shape index (κ3) is 5.76. The molecule has 1 amide bonds. The van der Waals surface area contributed by atoms with Crippen molar-refractivity contribution in [2.45, 2.75) is 6.92 Å². The van der Waals surface area contributed by atoms with Crippen LogP contribution in [0, 0.1) is 5.92 Å². The first kappa shape index (κ1) is 22.0. The molecule has 1 aliphatic rings. The number of rotatable bonds is 7. The second kappa shape index (κ2) is 10.9. The fraction of sp³-hybridized carbons (Fsp3) is 0.333. The van der Waals surface area contributed by atoms with E-state index in [0.717, 1.165) is 24.5 Å². The number of ether oxygens (including phenoxy) is 1. The van der Waals surface area contributed by atoms with Crippen LogP contribution in [-0.2, 0) is 0 Å². The highest BCUT2D eigenvalue weighted by Crippen LogP contribution is 2.21. The summed E-state index contributed by atoms with van der Waals surface area (Å²) >= 11 is 0. The van der Waals surface area contributed by atoms with Gasteiger partial charge in [0.05, 0.1) is 12.2 Å². The maximum atomic E-state index is 12.4. The lowest BCUT2D eigenvalue weighted by Crippen LogP contribution is -2.48. The second-order valence-corrected chi connectivity index (χ2v) is 5.72. The summed E-state index contributed by atoms with van der Waals surface area (Å²) in [7, 11) is 0. The number of amides is 1. The monoisotopic (exact) mass is 398 g/mol. The summed E-state index contributed by atoms with van der Waals surface area (Å²) in [6.07, 6.45) is 1.67. The third-order valence-electron chi connectivity index (χ3n) is 3.90. The van der Waals surface area contributed by atoms with E-state index >= 15 is 0 Å². The van der Waals surface area contributed by atoms with Gasteiger partial charge in [-0.05, 0) is 43.3 Å².